The lowest BCUT2D eigenvalue weighted by atomic mass is 9.75. The van der Waals surface area contributed by atoms with Crippen LogP contribution in [0, 0.1) is 12.3 Å². The fraction of sp³-hybridized carbons (Fsp3) is 0.581. The number of esters is 1. The maximum absolute atomic E-state index is 12.9. The molecular formula is C31H43N5O6. The summed E-state index contributed by atoms with van der Waals surface area (Å²) in [6, 6.07) is 5.41. The molecule has 0 atom stereocenters. The third-order valence-corrected chi connectivity index (χ3v) is 7.56. The molecule has 2 amide bonds. The summed E-state index contributed by atoms with van der Waals surface area (Å²) in [4.78, 5) is 49.2. The summed E-state index contributed by atoms with van der Waals surface area (Å²) in [7, 11) is 0. The van der Waals surface area contributed by atoms with E-state index in [9.17, 15) is 19.2 Å². The highest BCUT2D eigenvalue weighted by molar-refractivity contribution is 6.00. The van der Waals surface area contributed by atoms with Crippen LogP contribution in [0.2, 0.25) is 0 Å². The second-order valence-electron chi connectivity index (χ2n) is 13.1. The van der Waals surface area contributed by atoms with Crippen molar-refractivity contribution >= 4 is 29.4 Å². The van der Waals surface area contributed by atoms with E-state index in [1.807, 2.05) is 17.7 Å². The van der Waals surface area contributed by atoms with Crippen molar-refractivity contribution in [1.82, 2.24) is 15.1 Å². The first-order chi connectivity index (χ1) is 19.6. The SMILES string of the molecule is Cc1nn(-c2ccc(C(N)=O)c(NC3CCC(OC(=O)CCNC(=O)OC(C)(C)C)CC3)c2)c2c1C(=O)CC(C)(C)C2. The summed E-state index contributed by atoms with van der Waals surface area (Å²) < 4.78 is 12.6. The number of amides is 2. The van der Waals surface area contributed by atoms with Gasteiger partial charge in [0.05, 0.1) is 34.6 Å². The van der Waals surface area contributed by atoms with Crippen molar-refractivity contribution in [2.75, 3.05) is 11.9 Å². The van der Waals surface area contributed by atoms with Gasteiger partial charge in [0.25, 0.3) is 5.91 Å². The minimum Gasteiger partial charge on any atom is -0.462 e. The summed E-state index contributed by atoms with van der Waals surface area (Å²) in [6.45, 7) is 11.5. The molecule has 1 saturated carbocycles. The number of alkyl carbamates (subject to hydrolysis) is 1. The van der Waals surface area contributed by atoms with Crippen molar-refractivity contribution in [3.8, 4) is 5.69 Å². The Morgan fingerprint density at radius 2 is 1.81 bits per heavy atom. The van der Waals surface area contributed by atoms with Gasteiger partial charge >= 0.3 is 12.1 Å². The highest BCUT2D eigenvalue weighted by atomic mass is 16.6. The number of fused-ring (bicyclic) bond motifs is 1. The lowest BCUT2D eigenvalue weighted by molar-refractivity contribution is -0.150. The Kier molecular flexibility index (Phi) is 8.98. The van der Waals surface area contributed by atoms with Gasteiger partial charge in [-0.25, -0.2) is 9.48 Å². The second kappa shape index (κ2) is 12.1. The van der Waals surface area contributed by atoms with E-state index in [1.54, 1.807) is 32.9 Å². The molecule has 0 spiro atoms. The van der Waals surface area contributed by atoms with Gasteiger partial charge in [-0.1, -0.05) is 13.8 Å². The Labute approximate surface area is 246 Å². The highest BCUT2D eigenvalue weighted by Gasteiger charge is 2.36. The van der Waals surface area contributed by atoms with Gasteiger partial charge in [-0.2, -0.15) is 5.10 Å². The number of Topliss-reactive ketones (excluding diaryl/α,β-unsaturated/α-hetero) is 1. The molecule has 1 aromatic heterocycles. The normalized spacial score (nSPS) is 19.9. The first-order valence-corrected chi connectivity index (χ1v) is 14.6. The first-order valence-electron chi connectivity index (χ1n) is 14.6. The van der Waals surface area contributed by atoms with Gasteiger partial charge < -0.3 is 25.8 Å². The molecule has 2 aliphatic rings. The van der Waals surface area contributed by atoms with Crippen molar-refractivity contribution in [2.24, 2.45) is 11.1 Å². The minimum atomic E-state index is -0.605. The van der Waals surface area contributed by atoms with E-state index in [4.69, 9.17) is 20.3 Å². The van der Waals surface area contributed by atoms with Crippen molar-refractivity contribution in [3.63, 3.8) is 0 Å². The molecule has 11 nitrogen and oxygen atoms in total. The average Bonchev–Trinajstić information content (AvgIpc) is 3.19. The molecule has 42 heavy (non-hydrogen) atoms. The molecule has 4 N–H and O–H groups in total. The second-order valence-corrected chi connectivity index (χ2v) is 13.1. The van der Waals surface area contributed by atoms with E-state index in [0.717, 1.165) is 30.6 Å². The molecule has 2 aliphatic carbocycles. The summed E-state index contributed by atoms with van der Waals surface area (Å²) in [6.07, 6.45) is 3.28. The zero-order chi connectivity index (χ0) is 30.8. The molecule has 0 unspecified atom stereocenters. The van der Waals surface area contributed by atoms with E-state index >= 15 is 0 Å². The molecule has 0 saturated heterocycles. The van der Waals surface area contributed by atoms with Crippen LogP contribution >= 0.6 is 0 Å². The zero-order valence-corrected chi connectivity index (χ0v) is 25.5. The third kappa shape index (κ3) is 7.68. The van der Waals surface area contributed by atoms with Gasteiger partial charge in [-0.15, -0.1) is 0 Å². The molecule has 228 valence electrons. The van der Waals surface area contributed by atoms with E-state index in [2.05, 4.69) is 24.5 Å². The number of ketones is 1. The summed E-state index contributed by atoms with van der Waals surface area (Å²) in [5.74, 6) is -0.804. The number of hydrogen-bond donors (Lipinski definition) is 3. The van der Waals surface area contributed by atoms with Crippen molar-refractivity contribution in [2.45, 2.75) is 104 Å². The summed E-state index contributed by atoms with van der Waals surface area (Å²) >= 11 is 0. The Bertz CT molecular complexity index is 1360. The van der Waals surface area contributed by atoms with Crippen LogP contribution in [0.1, 0.15) is 105 Å². The van der Waals surface area contributed by atoms with E-state index in [-0.39, 0.29) is 42.3 Å². The zero-order valence-electron chi connectivity index (χ0n) is 25.5. The van der Waals surface area contributed by atoms with Crippen LogP contribution in [0.15, 0.2) is 18.2 Å². The van der Waals surface area contributed by atoms with Gasteiger partial charge in [0.1, 0.15) is 11.7 Å². The molecule has 1 fully saturated rings. The number of nitrogens with two attached hydrogens (primary N) is 1. The highest BCUT2D eigenvalue weighted by Crippen LogP contribution is 2.37. The Morgan fingerprint density at radius 1 is 1.12 bits per heavy atom. The lowest BCUT2D eigenvalue weighted by Crippen LogP contribution is -2.35. The Hall–Kier alpha value is -3.89. The van der Waals surface area contributed by atoms with Crippen molar-refractivity contribution in [1.29, 1.82) is 0 Å². The summed E-state index contributed by atoms with van der Waals surface area (Å²) in [5.41, 5.74) is 8.94. The van der Waals surface area contributed by atoms with Crippen LogP contribution in [0.4, 0.5) is 10.5 Å². The van der Waals surface area contributed by atoms with Crippen molar-refractivity contribution in [3.05, 3.63) is 40.7 Å². The molecule has 0 aliphatic heterocycles. The van der Waals surface area contributed by atoms with Crippen LogP contribution in [-0.4, -0.2) is 57.8 Å². The summed E-state index contributed by atoms with van der Waals surface area (Å²) in [5, 5.41) is 10.7. The Balaban J connectivity index is 1.37. The number of hydrogen-bond acceptors (Lipinski definition) is 8. The molecular weight excluding hydrogens is 538 g/mol. The average molecular weight is 582 g/mol. The van der Waals surface area contributed by atoms with Gasteiger partial charge in [0.2, 0.25) is 0 Å². The number of aromatic nitrogens is 2. The molecule has 4 rings (SSSR count). The van der Waals surface area contributed by atoms with E-state index in [0.29, 0.717) is 41.8 Å². The number of nitrogens with zero attached hydrogens (tertiary/aromatic N) is 2. The van der Waals surface area contributed by atoms with Gasteiger partial charge in [0, 0.05) is 24.7 Å². The van der Waals surface area contributed by atoms with Crippen LogP contribution in [0.5, 0.6) is 0 Å². The predicted molar refractivity (Wildman–Crippen MR) is 158 cm³/mol. The standard InChI is InChI=1S/C31H43N5O6/c1-18-27-24(16-31(5,6)17-25(27)37)36(35-18)20-9-12-22(28(32)39)23(15-20)34-19-7-10-21(11-8-19)41-26(38)13-14-33-29(40)42-30(2,3)4/h9,12,15,19,21,34H,7-8,10-11,13-14,16-17H2,1-6H3,(H2,32,39)(H,33,40). The van der Waals surface area contributed by atoms with Gasteiger partial charge in [0.15, 0.2) is 5.78 Å². The minimum absolute atomic E-state index is 0.0518. The van der Waals surface area contributed by atoms with E-state index < -0.39 is 17.6 Å². The number of nitrogens with one attached hydrogen (secondary N) is 2. The molecule has 0 bridgehead atoms. The number of anilines is 1. The van der Waals surface area contributed by atoms with Crippen molar-refractivity contribution < 1.29 is 28.7 Å². The topological polar surface area (TPSA) is 155 Å². The van der Waals surface area contributed by atoms with Crippen LogP contribution < -0.4 is 16.4 Å². The van der Waals surface area contributed by atoms with Crippen LogP contribution in [0.3, 0.4) is 0 Å². The maximum atomic E-state index is 12.9. The van der Waals surface area contributed by atoms with Crippen LogP contribution in [0.25, 0.3) is 5.69 Å². The molecule has 11 heteroatoms. The predicted octanol–water partition coefficient (Wildman–Crippen LogP) is 4.62. The number of rotatable bonds is 8. The number of aryl methyl sites for hydroxylation is 1. The van der Waals surface area contributed by atoms with E-state index in [1.165, 1.54) is 0 Å². The lowest BCUT2D eigenvalue weighted by Gasteiger charge is -2.30. The molecule has 1 heterocycles. The third-order valence-electron chi connectivity index (χ3n) is 7.56. The van der Waals surface area contributed by atoms with Gasteiger partial charge in [-0.3, -0.25) is 14.4 Å². The Morgan fingerprint density at radius 3 is 2.45 bits per heavy atom. The number of carbonyl (C=O) groups is 4. The largest absolute Gasteiger partial charge is 0.462 e. The first kappa shape index (κ1) is 31.1. The molecule has 0 radical (unpaired) electrons. The fourth-order valence-corrected chi connectivity index (χ4v) is 5.72. The fourth-order valence-electron chi connectivity index (χ4n) is 5.72. The number of carbonyl (C=O) groups excluding carboxylic acids is 4. The smallest absolute Gasteiger partial charge is 0.407 e. The van der Waals surface area contributed by atoms with Crippen LogP contribution in [-0.2, 0) is 20.7 Å². The molecule has 1 aromatic carbocycles. The quantitative estimate of drug-likeness (QED) is 0.382. The van der Waals surface area contributed by atoms with Gasteiger partial charge in [-0.05, 0) is 83.4 Å². The number of primary amides is 1. The molecule has 2 aromatic rings. The number of benzene rings is 1. The maximum Gasteiger partial charge on any atom is 0.407 e. The number of ether oxygens (including phenoxy) is 2. The monoisotopic (exact) mass is 581 g/mol.